The van der Waals surface area contributed by atoms with E-state index in [1.165, 1.54) is 0 Å². The number of carbonyl (C=O) groups is 1. The average Bonchev–Trinajstić information content (AvgIpc) is 2.81. The molecule has 0 aromatic heterocycles. The van der Waals surface area contributed by atoms with Crippen LogP contribution >= 0.6 is 0 Å². The van der Waals surface area contributed by atoms with Crippen molar-refractivity contribution in [2.45, 2.75) is 31.2 Å². The van der Waals surface area contributed by atoms with Crippen molar-refractivity contribution >= 4 is 5.97 Å². The second-order valence-electron chi connectivity index (χ2n) is 5.11. The number of hydrogen-bond donors (Lipinski definition) is 2. The Morgan fingerprint density at radius 3 is 2.56 bits per heavy atom. The van der Waals surface area contributed by atoms with Gasteiger partial charge in [-0.05, 0) is 18.3 Å². The molecule has 0 aromatic rings. The number of rotatable bonds is 1. The van der Waals surface area contributed by atoms with Crippen LogP contribution in [0.1, 0.15) is 19.3 Å². The lowest BCUT2D eigenvalue weighted by atomic mass is 9.91. The highest BCUT2D eigenvalue weighted by atomic mass is 16.7. The van der Waals surface area contributed by atoms with Gasteiger partial charge in [-0.15, -0.1) is 0 Å². The van der Waals surface area contributed by atoms with Gasteiger partial charge in [0.2, 0.25) is 0 Å². The summed E-state index contributed by atoms with van der Waals surface area (Å²) in [5.41, 5.74) is 0. The zero-order valence-electron chi connectivity index (χ0n) is 8.96. The number of carboxylic acid groups (broad SMARTS) is 1. The monoisotopic (exact) mass is 228 g/mol. The van der Waals surface area contributed by atoms with E-state index in [-0.39, 0.29) is 11.8 Å². The molecule has 3 aliphatic rings. The first-order valence-corrected chi connectivity index (χ1v) is 5.80. The van der Waals surface area contributed by atoms with Crippen molar-refractivity contribution in [1.82, 2.24) is 0 Å². The molecule has 1 heterocycles. The Labute approximate surface area is 93.3 Å². The fourth-order valence-electron chi connectivity index (χ4n) is 3.66. The first-order valence-electron chi connectivity index (χ1n) is 5.80. The van der Waals surface area contributed by atoms with E-state index >= 15 is 0 Å². The van der Waals surface area contributed by atoms with Crippen LogP contribution in [0.15, 0.2) is 0 Å². The number of fused-ring (bicyclic) bond motifs is 1. The summed E-state index contributed by atoms with van der Waals surface area (Å²) in [4.78, 5) is 11.1. The molecular formula is C11H16O5. The summed E-state index contributed by atoms with van der Waals surface area (Å²) in [5.74, 6) is -1.84. The summed E-state index contributed by atoms with van der Waals surface area (Å²) < 4.78 is 11.2. The van der Waals surface area contributed by atoms with Crippen LogP contribution in [0.3, 0.4) is 0 Å². The van der Waals surface area contributed by atoms with Gasteiger partial charge in [0.25, 0.3) is 0 Å². The highest BCUT2D eigenvalue weighted by molar-refractivity contribution is 5.71. The Morgan fingerprint density at radius 2 is 1.94 bits per heavy atom. The summed E-state index contributed by atoms with van der Waals surface area (Å²) in [6.07, 6.45) is 1.21. The van der Waals surface area contributed by atoms with Gasteiger partial charge in [0.15, 0.2) is 5.79 Å². The molecule has 16 heavy (non-hydrogen) atoms. The van der Waals surface area contributed by atoms with Crippen LogP contribution in [-0.4, -0.2) is 41.3 Å². The van der Waals surface area contributed by atoms with E-state index in [4.69, 9.17) is 14.6 Å². The van der Waals surface area contributed by atoms with Crippen molar-refractivity contribution in [2.24, 2.45) is 17.8 Å². The maximum absolute atomic E-state index is 11.1. The summed E-state index contributed by atoms with van der Waals surface area (Å²) >= 11 is 0. The molecule has 5 nitrogen and oxygen atoms in total. The number of aliphatic hydroxyl groups is 1. The van der Waals surface area contributed by atoms with E-state index in [2.05, 4.69) is 0 Å². The lowest BCUT2D eigenvalue weighted by molar-refractivity contribution is -0.162. The van der Waals surface area contributed by atoms with E-state index in [9.17, 15) is 9.90 Å². The van der Waals surface area contributed by atoms with E-state index in [0.29, 0.717) is 26.1 Å². The van der Waals surface area contributed by atoms with Crippen molar-refractivity contribution in [1.29, 1.82) is 0 Å². The molecule has 1 saturated heterocycles. The number of hydrogen-bond acceptors (Lipinski definition) is 4. The lowest BCUT2D eigenvalue weighted by Crippen LogP contribution is -2.32. The van der Waals surface area contributed by atoms with Crippen molar-refractivity contribution in [3.05, 3.63) is 0 Å². The smallest absolute Gasteiger partial charge is 0.309 e. The summed E-state index contributed by atoms with van der Waals surface area (Å²) in [6, 6.07) is 0. The van der Waals surface area contributed by atoms with Gasteiger partial charge in [0, 0.05) is 12.8 Å². The standard InChI is InChI=1S/C11H16O5/c12-8-3-6-4-11(15-1-2-16-11)5-7(6)9(8)10(13)14/h6-9,12H,1-5H2,(H,13,14)/t6-,7-,8-,9-/m1/s1. The fraction of sp³-hybridized carbons (Fsp3) is 0.909. The summed E-state index contributed by atoms with van der Waals surface area (Å²) in [7, 11) is 0. The quantitative estimate of drug-likeness (QED) is 0.671. The Hall–Kier alpha value is -0.650. The molecule has 5 heteroatoms. The zero-order chi connectivity index (χ0) is 11.3. The maximum Gasteiger partial charge on any atom is 0.309 e. The van der Waals surface area contributed by atoms with Crippen LogP contribution in [0.2, 0.25) is 0 Å². The third-order valence-electron chi connectivity index (χ3n) is 4.24. The van der Waals surface area contributed by atoms with Crippen LogP contribution < -0.4 is 0 Å². The van der Waals surface area contributed by atoms with E-state index in [1.54, 1.807) is 0 Å². The number of aliphatic carboxylic acids is 1. The van der Waals surface area contributed by atoms with E-state index in [1.807, 2.05) is 0 Å². The van der Waals surface area contributed by atoms with Crippen LogP contribution in [0, 0.1) is 17.8 Å². The molecule has 4 atom stereocenters. The van der Waals surface area contributed by atoms with Gasteiger partial charge in [0.05, 0.1) is 25.2 Å². The SMILES string of the molecule is O=C(O)[C@@H]1[C@@H]2CC3(C[C@H]2C[C@H]1O)OCCO3. The minimum atomic E-state index is -0.893. The Balaban J connectivity index is 1.80. The molecule has 90 valence electrons. The molecule has 0 amide bonds. The molecule has 0 radical (unpaired) electrons. The second-order valence-corrected chi connectivity index (χ2v) is 5.11. The molecule has 2 N–H and O–H groups in total. The highest BCUT2D eigenvalue weighted by Gasteiger charge is 2.58. The number of aliphatic hydroxyl groups excluding tert-OH is 1. The topological polar surface area (TPSA) is 76.0 Å². The normalized spacial score (nSPS) is 45.1. The molecular weight excluding hydrogens is 212 g/mol. The lowest BCUT2D eigenvalue weighted by Gasteiger charge is -2.24. The van der Waals surface area contributed by atoms with Crippen LogP contribution in [0.5, 0.6) is 0 Å². The van der Waals surface area contributed by atoms with Crippen LogP contribution in [-0.2, 0) is 14.3 Å². The zero-order valence-corrected chi connectivity index (χ0v) is 8.96. The molecule has 1 aliphatic heterocycles. The van der Waals surface area contributed by atoms with Crippen LogP contribution in [0.4, 0.5) is 0 Å². The molecule has 1 spiro atoms. The molecule has 0 unspecified atom stereocenters. The maximum atomic E-state index is 11.1. The number of ether oxygens (including phenoxy) is 2. The predicted molar refractivity (Wildman–Crippen MR) is 52.6 cm³/mol. The Bertz CT molecular complexity index is 309. The minimum absolute atomic E-state index is 0.00519. The van der Waals surface area contributed by atoms with Crippen molar-refractivity contribution < 1.29 is 24.5 Å². The van der Waals surface area contributed by atoms with Gasteiger partial charge >= 0.3 is 5.97 Å². The third kappa shape index (κ3) is 1.38. The first-order chi connectivity index (χ1) is 7.61. The minimum Gasteiger partial charge on any atom is -0.481 e. The van der Waals surface area contributed by atoms with Crippen molar-refractivity contribution in [3.8, 4) is 0 Å². The van der Waals surface area contributed by atoms with Crippen molar-refractivity contribution in [2.75, 3.05) is 13.2 Å². The average molecular weight is 228 g/mol. The summed E-state index contributed by atoms with van der Waals surface area (Å²) in [5, 5.41) is 18.9. The van der Waals surface area contributed by atoms with Gasteiger partial charge in [-0.3, -0.25) is 4.79 Å². The van der Waals surface area contributed by atoms with Gasteiger partial charge < -0.3 is 19.7 Å². The summed E-state index contributed by atoms with van der Waals surface area (Å²) in [6.45, 7) is 1.19. The van der Waals surface area contributed by atoms with Gasteiger partial charge in [-0.1, -0.05) is 0 Å². The Kier molecular flexibility index (Phi) is 2.24. The first kappa shape index (κ1) is 10.5. The molecule has 2 saturated carbocycles. The predicted octanol–water partition coefficient (Wildman–Crippen LogP) is 0.221. The largest absolute Gasteiger partial charge is 0.481 e. The molecule has 2 aliphatic carbocycles. The molecule has 0 aromatic carbocycles. The molecule has 0 bridgehead atoms. The van der Waals surface area contributed by atoms with E-state index < -0.39 is 23.8 Å². The highest BCUT2D eigenvalue weighted by Crippen LogP contribution is 2.54. The second kappa shape index (κ2) is 3.42. The third-order valence-corrected chi connectivity index (χ3v) is 4.24. The van der Waals surface area contributed by atoms with Crippen molar-refractivity contribution in [3.63, 3.8) is 0 Å². The molecule has 3 fully saturated rings. The van der Waals surface area contributed by atoms with Gasteiger partial charge in [0.1, 0.15) is 0 Å². The fourth-order valence-corrected chi connectivity index (χ4v) is 3.66. The number of carboxylic acids is 1. The molecule has 3 rings (SSSR count). The Morgan fingerprint density at radius 1 is 1.25 bits per heavy atom. The van der Waals surface area contributed by atoms with E-state index in [0.717, 1.165) is 6.42 Å². The van der Waals surface area contributed by atoms with Gasteiger partial charge in [-0.25, -0.2) is 0 Å². The van der Waals surface area contributed by atoms with Crippen LogP contribution in [0.25, 0.3) is 0 Å². The van der Waals surface area contributed by atoms with Gasteiger partial charge in [-0.2, -0.15) is 0 Å².